The van der Waals surface area contributed by atoms with E-state index < -0.39 is 0 Å². The maximum Gasteiger partial charge on any atom is 0.128 e. The number of aliphatic imine (C=N–C) groups is 1. The summed E-state index contributed by atoms with van der Waals surface area (Å²) in [7, 11) is 0. The zero-order valence-corrected chi connectivity index (χ0v) is 12.1. The summed E-state index contributed by atoms with van der Waals surface area (Å²) >= 11 is 0. The van der Waals surface area contributed by atoms with Crippen molar-refractivity contribution in [3.63, 3.8) is 0 Å². The van der Waals surface area contributed by atoms with Crippen molar-refractivity contribution in [1.82, 2.24) is 4.90 Å². The van der Waals surface area contributed by atoms with E-state index in [0.29, 0.717) is 11.7 Å². The van der Waals surface area contributed by atoms with Gasteiger partial charge in [0.05, 0.1) is 18.4 Å². The number of aliphatic hydroxyl groups is 1. The lowest BCUT2D eigenvalue weighted by molar-refractivity contribution is 0.402. The van der Waals surface area contributed by atoms with Crippen molar-refractivity contribution in [2.24, 2.45) is 10.9 Å². The van der Waals surface area contributed by atoms with Gasteiger partial charge in [0.2, 0.25) is 0 Å². The second-order valence-corrected chi connectivity index (χ2v) is 6.09. The number of hydrogen-bond donors (Lipinski definition) is 1. The Labute approximate surface area is 125 Å². The highest BCUT2D eigenvalue weighted by molar-refractivity contribution is 5.67. The fourth-order valence-corrected chi connectivity index (χ4v) is 3.25. The maximum atomic E-state index is 10.9. The van der Waals surface area contributed by atoms with E-state index in [2.05, 4.69) is 34.3 Å². The predicted octanol–water partition coefficient (Wildman–Crippen LogP) is 4.00. The summed E-state index contributed by atoms with van der Waals surface area (Å²) in [4.78, 5) is 6.47. The van der Waals surface area contributed by atoms with Crippen molar-refractivity contribution >= 4 is 6.21 Å². The molecular formula is C18H20N2O. The van der Waals surface area contributed by atoms with Gasteiger partial charge in [0.25, 0.3) is 0 Å². The van der Waals surface area contributed by atoms with Gasteiger partial charge in [0.1, 0.15) is 5.76 Å². The topological polar surface area (TPSA) is 35.8 Å². The standard InChI is InChI=1S/C18H20N2O/c21-18(14-4-2-1-3-5-14)17-15(13-6-7-13)8-10-20-11-9-19-12-16(17)20/h2,4,8-10,12-13,21H,1,3,5-7,11H2/b18-14+. The third-order valence-electron chi connectivity index (χ3n) is 4.56. The summed E-state index contributed by atoms with van der Waals surface area (Å²) < 4.78 is 0. The molecule has 0 aromatic heterocycles. The summed E-state index contributed by atoms with van der Waals surface area (Å²) in [5.74, 6) is 1.08. The van der Waals surface area contributed by atoms with Crippen LogP contribution in [0.4, 0.5) is 0 Å². The number of nitrogens with zero attached hydrogens (tertiary/aromatic N) is 2. The van der Waals surface area contributed by atoms with Gasteiger partial charge < -0.3 is 10.0 Å². The van der Waals surface area contributed by atoms with Crippen molar-refractivity contribution in [3.05, 3.63) is 58.8 Å². The zero-order valence-electron chi connectivity index (χ0n) is 12.1. The van der Waals surface area contributed by atoms with Crippen molar-refractivity contribution in [2.45, 2.75) is 32.1 Å². The van der Waals surface area contributed by atoms with Crippen molar-refractivity contribution in [2.75, 3.05) is 6.54 Å². The smallest absolute Gasteiger partial charge is 0.128 e. The van der Waals surface area contributed by atoms with Gasteiger partial charge in [-0.1, -0.05) is 12.2 Å². The fourth-order valence-electron chi connectivity index (χ4n) is 3.25. The predicted molar refractivity (Wildman–Crippen MR) is 84.8 cm³/mol. The molecule has 3 heteroatoms. The average molecular weight is 280 g/mol. The summed E-state index contributed by atoms with van der Waals surface area (Å²) in [5.41, 5.74) is 4.42. The van der Waals surface area contributed by atoms with Gasteiger partial charge in [-0.15, -0.1) is 0 Å². The van der Waals surface area contributed by atoms with Crippen molar-refractivity contribution < 1.29 is 5.11 Å². The molecule has 21 heavy (non-hydrogen) atoms. The van der Waals surface area contributed by atoms with Crippen molar-refractivity contribution in [1.29, 1.82) is 0 Å². The molecule has 1 fully saturated rings. The molecule has 0 spiro atoms. The quantitative estimate of drug-likeness (QED) is 0.776. The molecular weight excluding hydrogens is 260 g/mol. The Bertz CT molecular complexity index is 642. The number of hydrogen-bond acceptors (Lipinski definition) is 3. The molecule has 0 bridgehead atoms. The van der Waals surface area contributed by atoms with E-state index in [9.17, 15) is 5.11 Å². The third kappa shape index (κ3) is 2.27. The lowest BCUT2D eigenvalue weighted by Gasteiger charge is -2.31. The normalized spacial score (nSPS) is 26.9. The van der Waals surface area contributed by atoms with Crippen LogP contribution >= 0.6 is 0 Å². The van der Waals surface area contributed by atoms with Crippen molar-refractivity contribution in [3.8, 4) is 0 Å². The van der Waals surface area contributed by atoms with E-state index in [4.69, 9.17) is 0 Å². The summed E-state index contributed by atoms with van der Waals surface area (Å²) in [6.45, 7) is 0.780. The highest BCUT2D eigenvalue weighted by Gasteiger charge is 2.33. The van der Waals surface area contributed by atoms with Gasteiger partial charge in [-0.05, 0) is 55.2 Å². The Balaban J connectivity index is 1.85. The molecule has 0 aromatic rings. The second kappa shape index (κ2) is 5.06. The first-order valence-electron chi connectivity index (χ1n) is 7.85. The SMILES string of the molecule is O/C(C1=C(C2CC2)C=CN2CC=NC=C12)=C1\C=CCCC1. The zero-order chi connectivity index (χ0) is 14.2. The minimum Gasteiger partial charge on any atom is -0.507 e. The van der Waals surface area contributed by atoms with Gasteiger partial charge in [-0.3, -0.25) is 4.99 Å². The number of allylic oxidation sites excluding steroid dienone is 5. The second-order valence-electron chi connectivity index (χ2n) is 6.09. The van der Waals surface area contributed by atoms with Gasteiger partial charge in [-0.2, -0.15) is 0 Å². The molecule has 0 amide bonds. The van der Waals surface area contributed by atoms with Crippen LogP contribution in [0.3, 0.4) is 0 Å². The molecule has 0 saturated heterocycles. The summed E-state index contributed by atoms with van der Waals surface area (Å²) in [5, 5.41) is 10.9. The molecule has 4 rings (SSSR count). The van der Waals surface area contributed by atoms with Gasteiger partial charge in [0.15, 0.2) is 0 Å². The van der Waals surface area contributed by atoms with E-state index in [-0.39, 0.29) is 0 Å². The van der Waals surface area contributed by atoms with Crippen LogP contribution in [0.25, 0.3) is 0 Å². The Hall–Kier alpha value is -2.03. The Morgan fingerprint density at radius 3 is 2.95 bits per heavy atom. The van der Waals surface area contributed by atoms with Crippen LogP contribution in [0.1, 0.15) is 32.1 Å². The van der Waals surface area contributed by atoms with E-state index in [1.165, 1.54) is 18.4 Å². The average Bonchev–Trinajstić information content (AvgIpc) is 3.39. The molecule has 2 heterocycles. The third-order valence-corrected chi connectivity index (χ3v) is 4.56. The minimum atomic E-state index is 0.463. The molecule has 0 atom stereocenters. The molecule has 0 unspecified atom stereocenters. The van der Waals surface area contributed by atoms with E-state index in [0.717, 1.165) is 42.7 Å². The van der Waals surface area contributed by atoms with Crippen LogP contribution in [0.5, 0.6) is 0 Å². The van der Waals surface area contributed by atoms with Gasteiger partial charge in [-0.25, -0.2) is 0 Å². The van der Waals surface area contributed by atoms with E-state index >= 15 is 0 Å². The Morgan fingerprint density at radius 1 is 1.29 bits per heavy atom. The molecule has 2 aliphatic heterocycles. The molecule has 3 nitrogen and oxygen atoms in total. The lowest BCUT2D eigenvalue weighted by Crippen LogP contribution is -2.27. The van der Waals surface area contributed by atoms with Gasteiger partial charge >= 0.3 is 0 Å². The molecule has 0 aromatic carbocycles. The fraction of sp³-hybridized carbons (Fsp3) is 0.389. The largest absolute Gasteiger partial charge is 0.507 e. The molecule has 1 N–H and O–H groups in total. The highest BCUT2D eigenvalue weighted by atomic mass is 16.3. The summed E-state index contributed by atoms with van der Waals surface area (Å²) in [6.07, 6.45) is 18.0. The van der Waals surface area contributed by atoms with E-state index in [1.807, 2.05) is 12.4 Å². The van der Waals surface area contributed by atoms with E-state index in [1.54, 1.807) is 0 Å². The Morgan fingerprint density at radius 2 is 2.19 bits per heavy atom. The summed E-state index contributed by atoms with van der Waals surface area (Å²) in [6, 6.07) is 0. The monoisotopic (exact) mass is 280 g/mol. The first kappa shape index (κ1) is 12.7. The van der Waals surface area contributed by atoms with Crippen LogP contribution in [-0.2, 0) is 0 Å². The molecule has 4 aliphatic rings. The first-order chi connectivity index (χ1) is 10.3. The Kier molecular flexibility index (Phi) is 3.06. The molecule has 1 saturated carbocycles. The lowest BCUT2D eigenvalue weighted by atomic mass is 9.90. The highest BCUT2D eigenvalue weighted by Crippen LogP contribution is 2.45. The van der Waals surface area contributed by atoms with Crippen LogP contribution in [0, 0.1) is 5.92 Å². The van der Waals surface area contributed by atoms with Crippen LogP contribution < -0.4 is 0 Å². The van der Waals surface area contributed by atoms with Crippen LogP contribution in [-0.4, -0.2) is 22.8 Å². The number of rotatable bonds is 2. The number of aliphatic hydroxyl groups excluding tert-OH is 1. The number of fused-ring (bicyclic) bond motifs is 1. The van der Waals surface area contributed by atoms with Crippen LogP contribution in [0.2, 0.25) is 0 Å². The maximum absolute atomic E-state index is 10.9. The van der Waals surface area contributed by atoms with Gasteiger partial charge in [0, 0.05) is 18.0 Å². The molecule has 2 aliphatic carbocycles. The molecule has 108 valence electrons. The van der Waals surface area contributed by atoms with Crippen LogP contribution in [0.15, 0.2) is 63.8 Å². The first-order valence-corrected chi connectivity index (χ1v) is 7.85. The minimum absolute atomic E-state index is 0.463. The molecule has 0 radical (unpaired) electrons.